The van der Waals surface area contributed by atoms with Crippen LogP contribution in [0, 0.1) is 0 Å². The molecule has 0 unspecified atom stereocenters. The van der Waals surface area contributed by atoms with Gasteiger partial charge in [0, 0.05) is 31.8 Å². The number of carbonyl (C=O) groups is 3. The molecule has 226 valence electrons. The van der Waals surface area contributed by atoms with Crippen LogP contribution in [0.1, 0.15) is 64.4 Å². The molecule has 2 aliphatic heterocycles. The van der Waals surface area contributed by atoms with Gasteiger partial charge in [-0.15, -0.1) is 0 Å². The summed E-state index contributed by atoms with van der Waals surface area (Å²) in [6.45, 7) is 5.47. The lowest BCUT2D eigenvalue weighted by molar-refractivity contribution is -0.251. The molecule has 1 saturated carbocycles. The van der Waals surface area contributed by atoms with Crippen LogP contribution in [0.5, 0.6) is 5.75 Å². The number of carbonyl (C=O) groups excluding carboxylic acids is 3. The molecule has 3 fully saturated rings. The van der Waals surface area contributed by atoms with E-state index in [1.54, 1.807) is 24.3 Å². The molecule has 2 heterocycles. The number of likely N-dealkylation sites (tertiary alicyclic amines) is 1. The second kappa shape index (κ2) is 12.5. The summed E-state index contributed by atoms with van der Waals surface area (Å²) < 4.78 is 57.8. The van der Waals surface area contributed by atoms with Gasteiger partial charge in [0.2, 0.25) is 5.91 Å². The number of rotatable bonds is 8. The zero-order chi connectivity index (χ0) is 29.8. The van der Waals surface area contributed by atoms with Crippen molar-refractivity contribution >= 4 is 18.1 Å². The van der Waals surface area contributed by atoms with Crippen LogP contribution in [0.15, 0.2) is 35.9 Å². The van der Waals surface area contributed by atoms with Crippen LogP contribution < -0.4 is 4.74 Å². The second-order valence-corrected chi connectivity index (χ2v) is 11.5. The lowest BCUT2D eigenvalue weighted by Crippen LogP contribution is -2.57. The first kappa shape index (κ1) is 31.0. The van der Waals surface area contributed by atoms with Gasteiger partial charge >= 0.3 is 12.1 Å². The fraction of sp³-hybridized carbons (Fsp3) is 0.633. The zero-order valence-corrected chi connectivity index (χ0v) is 23.9. The molecule has 3 aliphatic rings. The third-order valence-electron chi connectivity index (χ3n) is 8.45. The minimum absolute atomic E-state index is 0.00170. The summed E-state index contributed by atoms with van der Waals surface area (Å²) in [7, 11) is 1.00. The maximum absolute atomic E-state index is 13.8. The number of aldehydes is 1. The van der Waals surface area contributed by atoms with Crippen LogP contribution in [0.25, 0.3) is 0 Å². The van der Waals surface area contributed by atoms with Crippen LogP contribution in [0.3, 0.4) is 0 Å². The lowest BCUT2D eigenvalue weighted by Gasteiger charge is -2.49. The Morgan fingerprint density at radius 1 is 1.12 bits per heavy atom. The van der Waals surface area contributed by atoms with Gasteiger partial charge in [0.05, 0.1) is 19.3 Å². The van der Waals surface area contributed by atoms with Crippen molar-refractivity contribution < 1.29 is 41.8 Å². The Bertz CT molecular complexity index is 1110. The third-order valence-corrected chi connectivity index (χ3v) is 8.45. The largest absolute Gasteiger partial charge is 0.490 e. The van der Waals surface area contributed by atoms with Crippen molar-refractivity contribution in [2.75, 3.05) is 26.9 Å². The molecule has 11 heteroatoms. The number of likely N-dealkylation sites (N-methyl/N-ethyl adjacent to an activating group) is 1. The van der Waals surface area contributed by atoms with E-state index >= 15 is 0 Å². The van der Waals surface area contributed by atoms with Gasteiger partial charge < -0.3 is 28.8 Å². The van der Waals surface area contributed by atoms with Crippen molar-refractivity contribution in [1.82, 2.24) is 9.80 Å². The van der Waals surface area contributed by atoms with Gasteiger partial charge in [0.25, 0.3) is 0 Å². The molecule has 2 spiro atoms. The lowest BCUT2D eigenvalue weighted by atomic mass is 9.75. The van der Waals surface area contributed by atoms with Gasteiger partial charge in [0.15, 0.2) is 5.79 Å². The number of halogens is 3. The van der Waals surface area contributed by atoms with Crippen LogP contribution in [0.4, 0.5) is 13.2 Å². The first-order valence-electron chi connectivity index (χ1n) is 14.2. The Labute approximate surface area is 238 Å². The fourth-order valence-electron chi connectivity index (χ4n) is 6.16. The van der Waals surface area contributed by atoms with Gasteiger partial charge in [0.1, 0.15) is 24.7 Å². The van der Waals surface area contributed by atoms with Crippen molar-refractivity contribution in [2.45, 2.75) is 94.8 Å². The molecule has 2 saturated heterocycles. The quantitative estimate of drug-likeness (QED) is 0.330. The van der Waals surface area contributed by atoms with E-state index in [0.29, 0.717) is 62.4 Å². The smallest absolute Gasteiger partial charge is 0.471 e. The monoisotopic (exact) mass is 580 g/mol. The highest BCUT2D eigenvalue weighted by Gasteiger charge is 2.59. The summed E-state index contributed by atoms with van der Waals surface area (Å²) in [5, 5.41) is 0. The van der Waals surface area contributed by atoms with Crippen molar-refractivity contribution in [1.29, 1.82) is 0 Å². The molecule has 0 aromatic heterocycles. The molecule has 1 aromatic rings. The first-order chi connectivity index (χ1) is 19.4. The molecule has 4 rings (SSSR count). The van der Waals surface area contributed by atoms with Gasteiger partial charge in [-0.2, -0.15) is 13.2 Å². The maximum atomic E-state index is 13.8. The van der Waals surface area contributed by atoms with Crippen LogP contribution in [-0.2, 0) is 30.3 Å². The van der Waals surface area contributed by atoms with Crippen molar-refractivity contribution in [3.8, 4) is 5.75 Å². The molecular formula is C30H39F3N2O6. The third kappa shape index (κ3) is 6.94. The van der Waals surface area contributed by atoms with E-state index in [1.165, 1.54) is 4.90 Å². The predicted octanol–water partition coefficient (Wildman–Crippen LogP) is 4.60. The summed E-state index contributed by atoms with van der Waals surface area (Å²) >= 11 is 0. The Morgan fingerprint density at radius 3 is 2.27 bits per heavy atom. The number of alkyl halides is 3. The van der Waals surface area contributed by atoms with Crippen molar-refractivity contribution in [3.63, 3.8) is 0 Å². The van der Waals surface area contributed by atoms with E-state index in [2.05, 4.69) is 0 Å². The van der Waals surface area contributed by atoms with Crippen LogP contribution in [-0.4, -0.2) is 84.4 Å². The molecule has 41 heavy (non-hydrogen) atoms. The minimum atomic E-state index is -5.12. The fourth-order valence-corrected chi connectivity index (χ4v) is 6.16. The van der Waals surface area contributed by atoms with Gasteiger partial charge in [-0.1, -0.05) is 17.7 Å². The Hall–Kier alpha value is -2.92. The number of nitrogens with zero attached hydrogens (tertiary/aromatic N) is 2. The average Bonchev–Trinajstić information content (AvgIpc) is 3.05. The molecule has 0 N–H and O–H groups in total. The van der Waals surface area contributed by atoms with E-state index < -0.39 is 41.4 Å². The summed E-state index contributed by atoms with van der Waals surface area (Å²) in [4.78, 5) is 40.4. The number of ether oxygens (including phenoxy) is 3. The van der Waals surface area contributed by atoms with E-state index in [0.717, 1.165) is 31.0 Å². The van der Waals surface area contributed by atoms with Gasteiger partial charge in [-0.25, -0.2) is 0 Å². The van der Waals surface area contributed by atoms with Gasteiger partial charge in [-0.3, -0.25) is 9.59 Å². The highest BCUT2D eigenvalue weighted by Crippen LogP contribution is 2.49. The molecular weight excluding hydrogens is 541 g/mol. The number of benzene rings is 1. The molecule has 0 radical (unpaired) electrons. The number of allylic oxidation sites excluding steroid dienone is 1. The average molecular weight is 581 g/mol. The molecule has 1 aliphatic carbocycles. The highest BCUT2D eigenvalue weighted by molar-refractivity contribution is 5.93. The highest BCUT2D eigenvalue weighted by atomic mass is 19.4. The van der Waals surface area contributed by atoms with E-state index in [1.807, 2.05) is 19.9 Å². The second-order valence-electron chi connectivity index (χ2n) is 11.5. The summed E-state index contributed by atoms with van der Waals surface area (Å²) in [5.41, 5.74) is 0.988. The Morgan fingerprint density at radius 2 is 1.73 bits per heavy atom. The molecule has 2 amide bonds. The number of amides is 2. The molecule has 1 aromatic carbocycles. The predicted molar refractivity (Wildman–Crippen MR) is 144 cm³/mol. The number of hydrogen-bond donors (Lipinski definition) is 0. The molecule has 0 bridgehead atoms. The maximum Gasteiger partial charge on any atom is 0.471 e. The summed E-state index contributed by atoms with van der Waals surface area (Å²) in [6.07, 6.45) is 1.05. The summed E-state index contributed by atoms with van der Waals surface area (Å²) in [6, 6.07) is 4.91. The standard InChI is InChI=1S/C30H39F3N2O6/c1-21(2)10-17-39-24-8-6-22(7-9-24)18-23(20-36)35-26(37)25(34(3)27(38)30(31,32)33)19-28(35)11-13-29(14-12-28)40-15-4-5-16-41-29/h6-10,20,23,25H,4-5,11-19H2,1-3H3/t23-,25-/m0/s1. The Kier molecular flexibility index (Phi) is 9.48. The minimum Gasteiger partial charge on any atom is -0.490 e. The van der Waals surface area contributed by atoms with Gasteiger partial charge in [-0.05, 0) is 69.7 Å². The molecule has 2 atom stereocenters. The van der Waals surface area contributed by atoms with Crippen molar-refractivity contribution in [2.24, 2.45) is 0 Å². The zero-order valence-electron chi connectivity index (χ0n) is 23.9. The van der Waals surface area contributed by atoms with Crippen molar-refractivity contribution in [3.05, 3.63) is 41.5 Å². The first-order valence-corrected chi connectivity index (χ1v) is 14.2. The topological polar surface area (TPSA) is 85.4 Å². The SMILES string of the molecule is CC(C)=CCOc1ccc(C[C@@H](C=O)N2C(=O)[C@@H](N(C)C(=O)C(F)(F)F)CC23CCC2(CC3)OCCCCO2)cc1. The Balaban J connectivity index is 1.58. The van der Waals surface area contributed by atoms with E-state index in [9.17, 15) is 27.6 Å². The van der Waals surface area contributed by atoms with Crippen LogP contribution in [0.2, 0.25) is 0 Å². The molecule has 8 nitrogen and oxygen atoms in total. The van der Waals surface area contributed by atoms with E-state index in [-0.39, 0.29) is 12.8 Å². The van der Waals surface area contributed by atoms with Crippen LogP contribution >= 0.6 is 0 Å². The van der Waals surface area contributed by atoms with E-state index in [4.69, 9.17) is 14.2 Å². The number of hydrogen-bond acceptors (Lipinski definition) is 6. The summed E-state index contributed by atoms with van der Waals surface area (Å²) in [5.74, 6) is -2.89. The normalized spacial score (nSPS) is 22.7.